The Kier molecular flexibility index (Phi) is 8.68. The van der Waals surface area contributed by atoms with Crippen molar-refractivity contribution in [2.75, 3.05) is 18.1 Å². The summed E-state index contributed by atoms with van der Waals surface area (Å²) in [5.74, 6) is -0.596. The van der Waals surface area contributed by atoms with Crippen LogP contribution in [0.25, 0.3) is 0 Å². The fourth-order valence-corrected chi connectivity index (χ4v) is 5.42. The molecule has 2 aliphatic rings. The van der Waals surface area contributed by atoms with E-state index in [9.17, 15) is 14.9 Å². The predicted octanol–water partition coefficient (Wildman–Crippen LogP) is 4.47. The smallest absolute Gasteiger partial charge is 0.254 e. The summed E-state index contributed by atoms with van der Waals surface area (Å²) in [6.07, 6.45) is 10.1. The first-order valence-electron chi connectivity index (χ1n) is 13.6. The Bertz CT molecular complexity index is 1130. The molecule has 2 aromatic rings. The summed E-state index contributed by atoms with van der Waals surface area (Å²) in [6.45, 7) is 8.88. The molecule has 0 bridgehead atoms. The van der Waals surface area contributed by atoms with Crippen molar-refractivity contribution in [2.24, 2.45) is 0 Å². The molecule has 1 aliphatic carbocycles. The van der Waals surface area contributed by atoms with Gasteiger partial charge in [-0.15, -0.1) is 0 Å². The van der Waals surface area contributed by atoms with Gasteiger partial charge in [0, 0.05) is 29.7 Å². The first kappa shape index (κ1) is 27.6. The summed E-state index contributed by atoms with van der Waals surface area (Å²) in [6, 6.07) is 9.64. The van der Waals surface area contributed by atoms with Gasteiger partial charge in [0.1, 0.15) is 12.1 Å². The van der Waals surface area contributed by atoms with Gasteiger partial charge in [-0.3, -0.25) is 24.4 Å². The Balaban J connectivity index is 1.81. The molecule has 1 N–H and O–H groups in total. The van der Waals surface area contributed by atoms with Crippen LogP contribution in [0.4, 0.5) is 5.69 Å². The molecule has 3 atom stereocenters. The van der Waals surface area contributed by atoms with E-state index in [2.05, 4.69) is 37.3 Å². The first-order valence-corrected chi connectivity index (χ1v) is 13.6. The van der Waals surface area contributed by atoms with Gasteiger partial charge in [0.2, 0.25) is 5.91 Å². The number of amides is 2. The van der Waals surface area contributed by atoms with E-state index in [0.717, 1.165) is 31.2 Å². The number of carbonyl (C=O) groups is 2. The van der Waals surface area contributed by atoms with Crippen LogP contribution in [0.1, 0.15) is 77.0 Å². The average Bonchev–Trinajstić information content (AvgIpc) is 2.91. The number of morpholine rings is 1. The second kappa shape index (κ2) is 12.0. The highest BCUT2D eigenvalue weighted by atomic mass is 16.5. The lowest BCUT2D eigenvalue weighted by Crippen LogP contribution is -2.59. The zero-order chi connectivity index (χ0) is 27.3. The summed E-state index contributed by atoms with van der Waals surface area (Å²) in [5.41, 5.74) is 2.25. The number of hydrogen-bond donors (Lipinski definition) is 1. The molecule has 1 saturated heterocycles. The van der Waals surface area contributed by atoms with Gasteiger partial charge in [-0.05, 0) is 48.9 Å². The molecule has 0 radical (unpaired) electrons. The van der Waals surface area contributed by atoms with Gasteiger partial charge in [-0.2, -0.15) is 5.26 Å². The minimum absolute atomic E-state index is 0.0716. The van der Waals surface area contributed by atoms with Crippen LogP contribution >= 0.6 is 0 Å². The second-order valence-electron chi connectivity index (χ2n) is 11.4. The number of rotatable bonds is 6. The van der Waals surface area contributed by atoms with Crippen molar-refractivity contribution in [2.45, 2.75) is 89.4 Å². The number of ether oxygens (including phenoxy) is 1. The predicted molar refractivity (Wildman–Crippen MR) is 146 cm³/mol. The Morgan fingerprint density at radius 1 is 1.16 bits per heavy atom. The van der Waals surface area contributed by atoms with Gasteiger partial charge in [-0.1, -0.05) is 58.2 Å². The molecule has 2 heterocycles. The molecule has 2 amide bonds. The number of hydrogen-bond acceptors (Lipinski definition) is 6. The molecule has 1 saturated carbocycles. The summed E-state index contributed by atoms with van der Waals surface area (Å²) in [7, 11) is 0. The standard InChI is InChI=1S/C30H39N5O3/c1-21-26(34(20-31)17-18-38-21)29(37)35(25-14-12-23(13-15-25)30(2,3)4)27(22-9-8-16-32-19-22)28(36)33-24-10-6-5-7-11-24/h8-9,12-16,19,21,24,26-27H,5-7,10-11,17-18H2,1-4H3,(H,33,36). The van der Waals surface area contributed by atoms with Gasteiger partial charge in [-0.25, -0.2) is 0 Å². The number of anilines is 1. The molecule has 1 aromatic carbocycles. The number of benzene rings is 1. The number of nitriles is 1. The highest BCUT2D eigenvalue weighted by Crippen LogP contribution is 2.33. The molecular formula is C30H39N5O3. The van der Waals surface area contributed by atoms with Crippen LogP contribution in [0.5, 0.6) is 0 Å². The Morgan fingerprint density at radius 2 is 1.87 bits per heavy atom. The monoisotopic (exact) mass is 517 g/mol. The molecule has 202 valence electrons. The van der Waals surface area contributed by atoms with Crippen molar-refractivity contribution in [3.05, 3.63) is 59.9 Å². The maximum absolute atomic E-state index is 14.4. The van der Waals surface area contributed by atoms with Crippen LogP contribution in [0, 0.1) is 11.5 Å². The molecular weight excluding hydrogens is 478 g/mol. The summed E-state index contributed by atoms with van der Waals surface area (Å²) in [4.78, 5) is 35.7. The SMILES string of the molecule is CC1OCCN(C#N)C1C(=O)N(c1ccc(C(C)(C)C)cc1)C(C(=O)NC1CCCCC1)c1cccnc1. The van der Waals surface area contributed by atoms with Crippen molar-refractivity contribution in [1.82, 2.24) is 15.2 Å². The summed E-state index contributed by atoms with van der Waals surface area (Å²) >= 11 is 0. The number of nitrogens with zero attached hydrogens (tertiary/aromatic N) is 4. The van der Waals surface area contributed by atoms with Crippen LogP contribution in [0.2, 0.25) is 0 Å². The molecule has 1 aliphatic heterocycles. The van der Waals surface area contributed by atoms with Gasteiger partial charge in [0.25, 0.3) is 5.91 Å². The van der Waals surface area contributed by atoms with E-state index in [1.807, 2.05) is 30.3 Å². The summed E-state index contributed by atoms with van der Waals surface area (Å²) < 4.78 is 5.81. The lowest BCUT2D eigenvalue weighted by atomic mass is 9.87. The zero-order valence-electron chi connectivity index (χ0n) is 22.9. The van der Waals surface area contributed by atoms with Crippen LogP contribution in [0.15, 0.2) is 48.8 Å². The van der Waals surface area contributed by atoms with E-state index < -0.39 is 18.2 Å². The minimum atomic E-state index is -0.951. The average molecular weight is 518 g/mol. The molecule has 0 spiro atoms. The van der Waals surface area contributed by atoms with Crippen molar-refractivity contribution >= 4 is 17.5 Å². The highest BCUT2D eigenvalue weighted by molar-refractivity contribution is 6.04. The van der Waals surface area contributed by atoms with Crippen LogP contribution in [-0.2, 0) is 19.7 Å². The number of pyridine rings is 1. The fourth-order valence-electron chi connectivity index (χ4n) is 5.42. The van der Waals surface area contributed by atoms with Crippen molar-refractivity contribution in [3.63, 3.8) is 0 Å². The van der Waals surface area contributed by atoms with E-state index in [-0.39, 0.29) is 23.3 Å². The van der Waals surface area contributed by atoms with Crippen molar-refractivity contribution < 1.29 is 14.3 Å². The van der Waals surface area contributed by atoms with Gasteiger partial charge < -0.3 is 10.1 Å². The number of aromatic nitrogens is 1. The Morgan fingerprint density at radius 3 is 2.47 bits per heavy atom. The second-order valence-corrected chi connectivity index (χ2v) is 11.4. The molecule has 38 heavy (non-hydrogen) atoms. The molecule has 8 heteroatoms. The maximum atomic E-state index is 14.4. The third-order valence-corrected chi connectivity index (χ3v) is 7.58. The molecule has 1 aromatic heterocycles. The maximum Gasteiger partial charge on any atom is 0.254 e. The Hall–Kier alpha value is -3.44. The van der Waals surface area contributed by atoms with E-state index >= 15 is 0 Å². The topological polar surface area (TPSA) is 98.6 Å². The van der Waals surface area contributed by atoms with Crippen molar-refractivity contribution in [3.8, 4) is 6.19 Å². The third kappa shape index (κ3) is 6.16. The van der Waals surface area contributed by atoms with Gasteiger partial charge >= 0.3 is 0 Å². The van der Waals surface area contributed by atoms with E-state index in [1.165, 1.54) is 11.3 Å². The summed E-state index contributed by atoms with van der Waals surface area (Å²) in [5, 5.41) is 13.1. The van der Waals surface area contributed by atoms with Crippen LogP contribution < -0.4 is 10.2 Å². The molecule has 2 fully saturated rings. The fraction of sp³-hybridized carbons (Fsp3) is 0.533. The van der Waals surface area contributed by atoms with Gasteiger partial charge in [0.05, 0.1) is 19.3 Å². The van der Waals surface area contributed by atoms with Gasteiger partial charge in [0.15, 0.2) is 6.19 Å². The van der Waals surface area contributed by atoms with E-state index in [0.29, 0.717) is 24.4 Å². The number of nitrogens with one attached hydrogen (secondary N) is 1. The quantitative estimate of drug-likeness (QED) is 0.568. The van der Waals surface area contributed by atoms with E-state index in [1.54, 1.807) is 30.3 Å². The lowest BCUT2D eigenvalue weighted by molar-refractivity contribution is -0.135. The normalized spacial score (nSPS) is 21.3. The molecule has 4 rings (SSSR count). The molecule has 8 nitrogen and oxygen atoms in total. The van der Waals surface area contributed by atoms with Crippen LogP contribution in [0.3, 0.4) is 0 Å². The Labute approximate surface area is 226 Å². The molecule has 3 unspecified atom stereocenters. The van der Waals surface area contributed by atoms with Crippen LogP contribution in [-0.4, -0.2) is 53.0 Å². The third-order valence-electron chi connectivity index (χ3n) is 7.58. The van der Waals surface area contributed by atoms with E-state index in [4.69, 9.17) is 4.74 Å². The lowest BCUT2D eigenvalue weighted by Gasteiger charge is -2.41. The highest BCUT2D eigenvalue weighted by Gasteiger charge is 2.43. The zero-order valence-corrected chi connectivity index (χ0v) is 22.9. The van der Waals surface area contributed by atoms with Crippen molar-refractivity contribution in [1.29, 1.82) is 5.26 Å². The largest absolute Gasteiger partial charge is 0.374 e. The minimum Gasteiger partial charge on any atom is -0.374 e. The number of carbonyl (C=O) groups excluding carboxylic acids is 2. The first-order chi connectivity index (χ1) is 18.2.